The number of rotatable bonds is 15. The lowest BCUT2D eigenvalue weighted by molar-refractivity contribution is -0.202. The number of benzene rings is 2. The summed E-state index contributed by atoms with van der Waals surface area (Å²) in [7, 11) is 0. The van der Waals surface area contributed by atoms with Gasteiger partial charge in [0.25, 0.3) is 0 Å². The van der Waals surface area contributed by atoms with E-state index in [0.29, 0.717) is 25.2 Å². The number of carbonyl (C=O) groups excluding carboxylic acids is 4. The second-order valence-electron chi connectivity index (χ2n) is 9.83. The highest BCUT2D eigenvalue weighted by Gasteiger charge is 2.42. The molecule has 11 nitrogen and oxygen atoms in total. The van der Waals surface area contributed by atoms with Gasteiger partial charge < -0.3 is 25.8 Å². The first-order chi connectivity index (χ1) is 21.4. The first-order valence-corrected chi connectivity index (χ1v) is 13.9. The number of nitrogens with one attached hydrogen (secondary N) is 3. The van der Waals surface area contributed by atoms with E-state index in [9.17, 15) is 42.3 Å². The van der Waals surface area contributed by atoms with Gasteiger partial charge in [-0.3, -0.25) is 19.2 Å². The maximum absolute atomic E-state index is 13.2. The average molecular weight is 629 g/mol. The van der Waals surface area contributed by atoms with Crippen LogP contribution in [0, 0.1) is 0 Å². The monoisotopic (exact) mass is 628 g/mol. The Kier molecular flexibility index (Phi) is 12.6. The molecule has 45 heavy (non-hydrogen) atoms. The summed E-state index contributed by atoms with van der Waals surface area (Å²) in [6.45, 7) is 0.515. The predicted octanol–water partition coefficient (Wildman–Crippen LogP) is 4.17. The molecule has 1 unspecified atom stereocenters. The zero-order valence-electron chi connectivity index (χ0n) is 23.9. The molecule has 0 saturated carbocycles. The second-order valence-corrected chi connectivity index (χ2v) is 9.83. The average Bonchev–Trinajstić information content (AvgIpc) is 3.00. The van der Waals surface area contributed by atoms with E-state index in [1.165, 1.54) is 12.1 Å². The van der Waals surface area contributed by atoms with E-state index in [0.717, 1.165) is 11.1 Å². The highest BCUT2D eigenvalue weighted by Crippen LogP contribution is 2.25. The summed E-state index contributed by atoms with van der Waals surface area (Å²) in [5, 5.41) is 17.2. The molecular formula is C31H31F3N4O7. The molecule has 14 heteroatoms. The van der Waals surface area contributed by atoms with Crippen molar-refractivity contribution < 1.29 is 47.0 Å². The number of ether oxygens (including phenoxy) is 1. The van der Waals surface area contributed by atoms with Gasteiger partial charge in [0.2, 0.25) is 11.8 Å². The molecule has 0 aliphatic rings. The van der Waals surface area contributed by atoms with E-state index in [4.69, 9.17) is 0 Å². The minimum absolute atomic E-state index is 0.0243. The fourth-order valence-corrected chi connectivity index (χ4v) is 4.18. The number of aliphatic carboxylic acids is 1. The van der Waals surface area contributed by atoms with Crippen LogP contribution in [0.25, 0.3) is 11.1 Å². The molecule has 1 heterocycles. The van der Waals surface area contributed by atoms with Crippen LogP contribution in [-0.4, -0.2) is 58.6 Å². The van der Waals surface area contributed by atoms with E-state index in [-0.39, 0.29) is 12.0 Å². The number of hydrogen-bond acceptors (Lipinski definition) is 8. The molecule has 2 aromatic carbocycles. The van der Waals surface area contributed by atoms with E-state index in [1.807, 2.05) is 36.4 Å². The van der Waals surface area contributed by atoms with E-state index >= 15 is 0 Å². The normalized spacial score (nSPS) is 12.3. The van der Waals surface area contributed by atoms with Crippen LogP contribution in [0.5, 0.6) is 0 Å². The van der Waals surface area contributed by atoms with E-state index < -0.39 is 60.8 Å². The molecule has 3 aromatic rings. The van der Waals surface area contributed by atoms with Crippen molar-refractivity contribution in [2.24, 2.45) is 0 Å². The Hall–Kier alpha value is -5.27. The summed E-state index contributed by atoms with van der Waals surface area (Å²) in [6, 6.07) is 17.9. The first kappa shape index (κ1) is 34.2. The molecule has 3 rings (SSSR count). The number of anilines is 1. The van der Waals surface area contributed by atoms with Crippen molar-refractivity contribution in [3.05, 3.63) is 84.6 Å². The van der Waals surface area contributed by atoms with Crippen molar-refractivity contribution in [2.45, 2.75) is 50.4 Å². The van der Waals surface area contributed by atoms with Crippen molar-refractivity contribution in [3.63, 3.8) is 0 Å². The number of carboxylic acid groups (broad SMARTS) is 1. The standard InChI is InChI=1S/C31H31F3N4O7/c32-31(33,34)30(44)45-28(42)19-23(22-14-12-21(13-15-22)20-8-2-1-3-9-20)38-29(43)24(18-27(40)41)37-26(39)11-5-7-17-36-25-10-4-6-16-35-25/h1-4,6,8-10,12-16,23-24H,5,7,11,17-19H2,(H,35,36)(H,37,39)(H,38,43)(H,40,41)/t23?,24-/m1/s1. The van der Waals surface area contributed by atoms with Crippen LogP contribution in [0.1, 0.15) is 43.7 Å². The Balaban J connectivity index is 1.68. The molecule has 0 aliphatic carbocycles. The van der Waals surface area contributed by atoms with Gasteiger partial charge in [0.1, 0.15) is 11.9 Å². The van der Waals surface area contributed by atoms with E-state index in [2.05, 4.69) is 25.7 Å². The largest absolute Gasteiger partial charge is 0.491 e. The van der Waals surface area contributed by atoms with Crippen molar-refractivity contribution in [2.75, 3.05) is 11.9 Å². The summed E-state index contributed by atoms with van der Waals surface area (Å²) in [4.78, 5) is 64.8. The Morgan fingerprint density at radius 3 is 2.11 bits per heavy atom. The van der Waals surface area contributed by atoms with Crippen molar-refractivity contribution in [1.29, 1.82) is 0 Å². The third-order valence-electron chi connectivity index (χ3n) is 6.38. The number of unbranched alkanes of at least 4 members (excludes halogenated alkanes) is 1. The Labute approximate surface area is 256 Å². The zero-order chi connectivity index (χ0) is 32.8. The molecule has 0 fully saturated rings. The molecule has 0 saturated heterocycles. The summed E-state index contributed by atoms with van der Waals surface area (Å²) >= 11 is 0. The van der Waals surface area contributed by atoms with Crippen LogP contribution in [0.3, 0.4) is 0 Å². The number of pyridine rings is 1. The third kappa shape index (κ3) is 11.7. The highest BCUT2D eigenvalue weighted by atomic mass is 19.4. The summed E-state index contributed by atoms with van der Waals surface area (Å²) in [6.07, 6.45) is -4.55. The molecule has 1 aromatic heterocycles. The summed E-state index contributed by atoms with van der Waals surface area (Å²) in [5.41, 5.74) is 1.85. The molecule has 0 spiro atoms. The van der Waals surface area contributed by atoms with Gasteiger partial charge in [0, 0.05) is 19.2 Å². The number of carboxylic acids is 1. The van der Waals surface area contributed by atoms with Gasteiger partial charge in [-0.25, -0.2) is 9.78 Å². The number of hydrogen-bond donors (Lipinski definition) is 4. The number of amides is 2. The summed E-state index contributed by atoms with van der Waals surface area (Å²) in [5.74, 6) is -6.65. The number of nitrogens with zero attached hydrogens (tertiary/aromatic N) is 1. The lowest BCUT2D eigenvalue weighted by atomic mass is 9.98. The van der Waals surface area contributed by atoms with Crippen molar-refractivity contribution in [1.82, 2.24) is 15.6 Å². The van der Waals surface area contributed by atoms with Gasteiger partial charge in [-0.1, -0.05) is 60.7 Å². The van der Waals surface area contributed by atoms with Crippen LogP contribution in [0.4, 0.5) is 19.0 Å². The molecule has 0 aliphatic heterocycles. The number of halogens is 3. The second kappa shape index (κ2) is 16.5. The highest BCUT2D eigenvalue weighted by molar-refractivity contribution is 5.92. The number of carbonyl (C=O) groups is 5. The fourth-order valence-electron chi connectivity index (χ4n) is 4.18. The zero-order valence-corrected chi connectivity index (χ0v) is 23.9. The van der Waals surface area contributed by atoms with Gasteiger partial charge in [-0.05, 0) is 41.7 Å². The van der Waals surface area contributed by atoms with Crippen molar-refractivity contribution in [3.8, 4) is 11.1 Å². The quantitative estimate of drug-likeness (QED) is 0.110. The minimum Gasteiger partial charge on any atom is -0.481 e. The molecular weight excluding hydrogens is 597 g/mol. The lowest BCUT2D eigenvalue weighted by Gasteiger charge is -2.23. The van der Waals surface area contributed by atoms with Crippen LogP contribution in [0.15, 0.2) is 79.0 Å². The SMILES string of the molecule is O=C(O)C[C@@H](NC(=O)CCCCNc1ccccn1)C(=O)NC(CC(=O)OC(=O)C(F)(F)F)c1ccc(-c2ccccc2)cc1. The van der Waals surface area contributed by atoms with Gasteiger partial charge in [0.05, 0.1) is 18.9 Å². The van der Waals surface area contributed by atoms with Crippen LogP contribution >= 0.6 is 0 Å². The lowest BCUT2D eigenvalue weighted by Crippen LogP contribution is -2.49. The molecule has 2 amide bonds. The Bertz CT molecular complexity index is 1450. The Morgan fingerprint density at radius 1 is 0.822 bits per heavy atom. The molecule has 2 atom stereocenters. The molecule has 0 radical (unpaired) electrons. The van der Waals surface area contributed by atoms with Crippen molar-refractivity contribution >= 4 is 35.5 Å². The minimum atomic E-state index is -5.42. The van der Waals surface area contributed by atoms with Gasteiger partial charge >= 0.3 is 24.1 Å². The number of aromatic nitrogens is 1. The smallest absolute Gasteiger partial charge is 0.481 e. The molecule has 0 bridgehead atoms. The summed E-state index contributed by atoms with van der Waals surface area (Å²) < 4.78 is 41.8. The topological polar surface area (TPSA) is 164 Å². The number of alkyl halides is 3. The van der Waals surface area contributed by atoms with Gasteiger partial charge in [-0.2, -0.15) is 13.2 Å². The van der Waals surface area contributed by atoms with Crippen LogP contribution in [-0.2, 0) is 28.7 Å². The van der Waals surface area contributed by atoms with Crippen LogP contribution < -0.4 is 16.0 Å². The molecule has 238 valence electrons. The van der Waals surface area contributed by atoms with Crippen LogP contribution in [0.2, 0.25) is 0 Å². The predicted molar refractivity (Wildman–Crippen MR) is 155 cm³/mol. The first-order valence-electron chi connectivity index (χ1n) is 13.9. The number of esters is 2. The maximum atomic E-state index is 13.2. The fraction of sp³-hybridized carbons (Fsp3) is 0.290. The third-order valence-corrected chi connectivity index (χ3v) is 6.38. The van der Waals surface area contributed by atoms with E-state index in [1.54, 1.807) is 30.5 Å². The van der Waals surface area contributed by atoms with Gasteiger partial charge in [-0.15, -0.1) is 0 Å². The van der Waals surface area contributed by atoms with Gasteiger partial charge in [0.15, 0.2) is 0 Å². The Morgan fingerprint density at radius 2 is 1.49 bits per heavy atom. The maximum Gasteiger partial charge on any atom is 0.491 e. The molecule has 4 N–H and O–H groups in total.